The second-order valence-corrected chi connectivity index (χ2v) is 6.57. The minimum atomic E-state index is -0.0893. The first-order valence-corrected chi connectivity index (χ1v) is 8.36. The first kappa shape index (κ1) is 15.0. The van der Waals surface area contributed by atoms with Gasteiger partial charge in [-0.2, -0.15) is 0 Å². The van der Waals surface area contributed by atoms with Gasteiger partial charge in [0.15, 0.2) is 0 Å². The maximum atomic E-state index is 11.8. The first-order valence-electron chi connectivity index (χ1n) is 7.48. The van der Waals surface area contributed by atoms with Gasteiger partial charge in [0.05, 0.1) is 25.9 Å². The molecule has 2 atom stereocenters. The number of morpholine rings is 1. The van der Waals surface area contributed by atoms with Crippen LogP contribution in [0.4, 0.5) is 0 Å². The highest BCUT2D eigenvalue weighted by molar-refractivity contribution is 7.10. The molecule has 3 rings (SSSR count). The van der Waals surface area contributed by atoms with Crippen molar-refractivity contribution in [2.24, 2.45) is 0 Å². The quantitative estimate of drug-likeness (QED) is 0.769. The summed E-state index contributed by atoms with van der Waals surface area (Å²) in [5.41, 5.74) is 0. The summed E-state index contributed by atoms with van der Waals surface area (Å²) in [5, 5.41) is 2.12. The molecule has 2 saturated heterocycles. The van der Waals surface area contributed by atoms with Crippen LogP contribution >= 0.6 is 11.3 Å². The number of thiophene rings is 1. The number of carbonyl (C=O) groups is 1. The second kappa shape index (κ2) is 6.87. The maximum absolute atomic E-state index is 11.8. The van der Waals surface area contributed by atoms with E-state index in [1.54, 1.807) is 11.3 Å². The van der Waals surface area contributed by atoms with Crippen molar-refractivity contribution in [1.82, 2.24) is 9.80 Å². The summed E-state index contributed by atoms with van der Waals surface area (Å²) in [6.45, 7) is 4.88. The molecule has 0 amide bonds. The molecule has 6 heteroatoms. The summed E-state index contributed by atoms with van der Waals surface area (Å²) in [7, 11) is 2.03. The lowest BCUT2D eigenvalue weighted by Gasteiger charge is -2.37. The predicted octanol–water partition coefficient (Wildman–Crippen LogP) is 1.37. The van der Waals surface area contributed by atoms with Gasteiger partial charge in [0.1, 0.15) is 6.04 Å². The Hall–Kier alpha value is -0.950. The lowest BCUT2D eigenvalue weighted by atomic mass is 10.1. The molecule has 3 heterocycles. The fourth-order valence-corrected chi connectivity index (χ4v) is 3.89. The molecule has 2 aliphatic rings. The molecule has 0 aliphatic carbocycles. The third-order valence-electron chi connectivity index (χ3n) is 4.26. The zero-order chi connectivity index (χ0) is 14.7. The van der Waals surface area contributed by atoms with Crippen molar-refractivity contribution in [2.45, 2.75) is 18.5 Å². The van der Waals surface area contributed by atoms with E-state index < -0.39 is 0 Å². The van der Waals surface area contributed by atoms with Gasteiger partial charge >= 0.3 is 5.97 Å². The molecule has 0 spiro atoms. The number of likely N-dealkylation sites (N-methyl/N-ethyl adjacent to an activating group) is 1. The van der Waals surface area contributed by atoms with Gasteiger partial charge in [-0.25, -0.2) is 0 Å². The first-order chi connectivity index (χ1) is 10.3. The number of hydrogen-bond donors (Lipinski definition) is 0. The number of rotatable bonds is 5. The lowest BCUT2D eigenvalue weighted by Crippen LogP contribution is -2.45. The molecule has 0 saturated carbocycles. The molecule has 21 heavy (non-hydrogen) atoms. The van der Waals surface area contributed by atoms with Gasteiger partial charge in [-0.3, -0.25) is 14.6 Å². The van der Waals surface area contributed by atoms with E-state index in [9.17, 15) is 4.79 Å². The molecule has 0 N–H and O–H groups in total. The van der Waals surface area contributed by atoms with Crippen LogP contribution in [0.1, 0.15) is 17.3 Å². The zero-order valence-electron chi connectivity index (χ0n) is 12.4. The second-order valence-electron chi connectivity index (χ2n) is 5.59. The van der Waals surface area contributed by atoms with Gasteiger partial charge in [0, 0.05) is 30.9 Å². The molecule has 2 aliphatic heterocycles. The minimum Gasteiger partial charge on any atom is -0.464 e. The molecular formula is C15H22N2O3S. The summed E-state index contributed by atoms with van der Waals surface area (Å²) in [6, 6.07) is 4.52. The van der Waals surface area contributed by atoms with E-state index in [0.717, 1.165) is 39.3 Å². The van der Waals surface area contributed by atoms with Gasteiger partial charge < -0.3 is 9.47 Å². The van der Waals surface area contributed by atoms with Crippen molar-refractivity contribution < 1.29 is 14.3 Å². The van der Waals surface area contributed by atoms with E-state index in [2.05, 4.69) is 27.3 Å². The molecule has 0 bridgehead atoms. The Kier molecular flexibility index (Phi) is 4.90. The molecule has 0 unspecified atom stereocenters. The Balaban J connectivity index is 1.71. The van der Waals surface area contributed by atoms with Gasteiger partial charge in [-0.15, -0.1) is 11.3 Å². The third kappa shape index (κ3) is 3.45. The number of ether oxygens (including phenoxy) is 2. The van der Waals surface area contributed by atoms with E-state index in [4.69, 9.17) is 9.47 Å². The lowest BCUT2D eigenvalue weighted by molar-refractivity contribution is -0.142. The summed E-state index contributed by atoms with van der Waals surface area (Å²) >= 11 is 1.78. The monoisotopic (exact) mass is 310 g/mol. The van der Waals surface area contributed by atoms with Crippen molar-refractivity contribution in [2.75, 3.05) is 46.5 Å². The third-order valence-corrected chi connectivity index (χ3v) is 5.23. The Morgan fingerprint density at radius 2 is 2.24 bits per heavy atom. The van der Waals surface area contributed by atoms with Crippen molar-refractivity contribution in [3.05, 3.63) is 22.4 Å². The molecule has 116 valence electrons. The molecule has 0 radical (unpaired) electrons. The predicted molar refractivity (Wildman–Crippen MR) is 81.4 cm³/mol. The molecule has 1 aromatic rings. The van der Waals surface area contributed by atoms with Crippen molar-refractivity contribution in [3.8, 4) is 0 Å². The fourth-order valence-electron chi connectivity index (χ4n) is 3.04. The van der Waals surface area contributed by atoms with E-state index in [0.29, 0.717) is 12.6 Å². The largest absolute Gasteiger partial charge is 0.464 e. The minimum absolute atomic E-state index is 0.0793. The molecule has 0 aromatic carbocycles. The highest BCUT2D eigenvalue weighted by Gasteiger charge is 2.33. The Bertz CT molecular complexity index is 459. The van der Waals surface area contributed by atoms with Gasteiger partial charge in [-0.05, 0) is 18.5 Å². The summed E-state index contributed by atoms with van der Waals surface area (Å²) in [5.74, 6) is -0.0793. The van der Waals surface area contributed by atoms with E-state index in [1.165, 1.54) is 4.88 Å². The van der Waals surface area contributed by atoms with Crippen LogP contribution in [0.3, 0.4) is 0 Å². The summed E-state index contributed by atoms with van der Waals surface area (Å²) in [6.07, 6.45) is 0.801. The van der Waals surface area contributed by atoms with Crippen LogP contribution in [0, 0.1) is 0 Å². The van der Waals surface area contributed by atoms with Gasteiger partial charge in [-0.1, -0.05) is 6.07 Å². The van der Waals surface area contributed by atoms with Crippen LogP contribution in [-0.4, -0.2) is 68.3 Å². The number of nitrogens with zero attached hydrogens (tertiary/aromatic N) is 2. The zero-order valence-corrected chi connectivity index (χ0v) is 13.2. The van der Waals surface area contributed by atoms with Crippen LogP contribution in [0.15, 0.2) is 17.5 Å². The number of carbonyl (C=O) groups excluding carboxylic acids is 1. The molecule has 2 fully saturated rings. The fraction of sp³-hybridized carbons (Fsp3) is 0.667. The summed E-state index contributed by atoms with van der Waals surface area (Å²) < 4.78 is 10.6. The molecular weight excluding hydrogens is 288 g/mol. The molecule has 1 aromatic heterocycles. The van der Waals surface area contributed by atoms with E-state index in [1.807, 2.05) is 7.05 Å². The van der Waals surface area contributed by atoms with Crippen molar-refractivity contribution >= 4 is 17.3 Å². The van der Waals surface area contributed by atoms with Crippen molar-refractivity contribution in [3.63, 3.8) is 0 Å². The van der Waals surface area contributed by atoms with Crippen LogP contribution in [0.25, 0.3) is 0 Å². The summed E-state index contributed by atoms with van der Waals surface area (Å²) in [4.78, 5) is 17.7. The van der Waals surface area contributed by atoms with Crippen molar-refractivity contribution in [1.29, 1.82) is 0 Å². The average molecular weight is 310 g/mol. The van der Waals surface area contributed by atoms with Gasteiger partial charge in [0.25, 0.3) is 0 Å². The highest BCUT2D eigenvalue weighted by atomic mass is 32.1. The van der Waals surface area contributed by atoms with Crippen LogP contribution in [-0.2, 0) is 14.3 Å². The standard InChI is InChI=1S/C15H22N2O3S/c1-16(12-4-7-20-15(12)18)11-13(14-3-2-10-21-14)17-5-8-19-9-6-17/h2-3,10,12-13H,4-9,11H2,1H3/t12-,13-/m1/s1. The van der Waals surface area contributed by atoms with Crippen LogP contribution in [0.2, 0.25) is 0 Å². The smallest absolute Gasteiger partial charge is 0.323 e. The average Bonchev–Trinajstić information content (AvgIpc) is 3.17. The topological polar surface area (TPSA) is 42.0 Å². The SMILES string of the molecule is CN(C[C@H](c1cccs1)N1CCOCC1)[C@@H]1CCOC1=O. The normalized spacial score (nSPS) is 25.2. The number of cyclic esters (lactones) is 1. The Morgan fingerprint density at radius 1 is 1.43 bits per heavy atom. The number of hydrogen-bond acceptors (Lipinski definition) is 6. The molecule has 5 nitrogen and oxygen atoms in total. The number of esters is 1. The Morgan fingerprint density at radius 3 is 2.86 bits per heavy atom. The Labute approximate surface area is 129 Å². The highest BCUT2D eigenvalue weighted by Crippen LogP contribution is 2.28. The van der Waals surface area contributed by atoms with E-state index in [-0.39, 0.29) is 12.0 Å². The van der Waals surface area contributed by atoms with Gasteiger partial charge in [0.2, 0.25) is 0 Å². The van der Waals surface area contributed by atoms with Crippen LogP contribution < -0.4 is 0 Å². The van der Waals surface area contributed by atoms with E-state index >= 15 is 0 Å². The van der Waals surface area contributed by atoms with Crippen LogP contribution in [0.5, 0.6) is 0 Å². The maximum Gasteiger partial charge on any atom is 0.323 e.